The van der Waals surface area contributed by atoms with Gasteiger partial charge in [-0.3, -0.25) is 0 Å². The minimum Gasteiger partial charge on any atom is -0.491 e. The van der Waals surface area contributed by atoms with Crippen molar-refractivity contribution in [3.05, 3.63) is 59.9 Å². The molecule has 0 radical (unpaired) electrons. The SMILES string of the molecule is CC(C)Oc1cccc(CC2CC[N@+]3(C[C@@H]2C)C(=N)NC(=O)N3c2cccc(F)c2)c1. The van der Waals surface area contributed by atoms with Crippen LogP contribution >= 0.6 is 0 Å². The van der Waals surface area contributed by atoms with E-state index in [0.29, 0.717) is 24.7 Å². The Morgan fingerprint density at radius 1 is 1.26 bits per heavy atom. The number of anilines is 1. The van der Waals surface area contributed by atoms with E-state index in [4.69, 9.17) is 10.1 Å². The van der Waals surface area contributed by atoms with Crippen molar-refractivity contribution in [2.75, 3.05) is 18.1 Å². The smallest absolute Gasteiger partial charge is 0.376 e. The van der Waals surface area contributed by atoms with Crippen molar-refractivity contribution in [2.45, 2.75) is 39.7 Å². The first-order valence-corrected chi connectivity index (χ1v) is 10.9. The number of rotatable bonds is 5. The highest BCUT2D eigenvalue weighted by molar-refractivity contribution is 6.05. The Hall–Kier alpha value is -2.93. The molecule has 3 atom stereocenters. The maximum Gasteiger partial charge on any atom is 0.376 e. The minimum atomic E-state index is -0.395. The lowest BCUT2D eigenvalue weighted by atomic mass is 9.82. The summed E-state index contributed by atoms with van der Waals surface area (Å²) in [6.45, 7) is 7.44. The molecule has 0 bridgehead atoms. The van der Waals surface area contributed by atoms with Crippen LogP contribution in [0, 0.1) is 23.1 Å². The van der Waals surface area contributed by atoms with Gasteiger partial charge >= 0.3 is 12.0 Å². The predicted octanol–water partition coefficient (Wildman–Crippen LogP) is 4.71. The maximum absolute atomic E-state index is 13.9. The highest BCUT2D eigenvalue weighted by Crippen LogP contribution is 2.37. The number of piperidine rings is 1. The Kier molecular flexibility index (Phi) is 5.71. The molecule has 2 saturated heterocycles. The molecule has 1 unspecified atom stereocenters. The summed E-state index contributed by atoms with van der Waals surface area (Å²) in [6.07, 6.45) is 1.92. The fraction of sp³-hybridized carbons (Fsp3) is 0.417. The van der Waals surface area contributed by atoms with Crippen LogP contribution in [-0.4, -0.2) is 35.8 Å². The van der Waals surface area contributed by atoms with E-state index in [2.05, 4.69) is 24.4 Å². The van der Waals surface area contributed by atoms with Crippen LogP contribution in [0.3, 0.4) is 0 Å². The van der Waals surface area contributed by atoms with Gasteiger partial charge in [-0.1, -0.05) is 25.1 Å². The third-order valence-corrected chi connectivity index (χ3v) is 6.30. The number of carbonyl (C=O) groups is 1. The van der Waals surface area contributed by atoms with Crippen LogP contribution in [0.4, 0.5) is 14.9 Å². The molecule has 1 spiro atoms. The van der Waals surface area contributed by atoms with Crippen molar-refractivity contribution in [1.82, 2.24) is 5.32 Å². The summed E-state index contributed by atoms with van der Waals surface area (Å²) < 4.78 is 19.8. The van der Waals surface area contributed by atoms with Crippen LogP contribution in [-0.2, 0) is 6.42 Å². The van der Waals surface area contributed by atoms with E-state index < -0.39 is 5.82 Å². The molecule has 31 heavy (non-hydrogen) atoms. The molecule has 0 aliphatic carbocycles. The van der Waals surface area contributed by atoms with Crippen LogP contribution in [0.2, 0.25) is 0 Å². The van der Waals surface area contributed by atoms with Crippen molar-refractivity contribution in [1.29, 1.82) is 5.41 Å². The zero-order chi connectivity index (χ0) is 22.2. The van der Waals surface area contributed by atoms with Gasteiger partial charge in [-0.25, -0.2) is 19.9 Å². The number of carbonyl (C=O) groups excluding carboxylic acids is 1. The van der Waals surface area contributed by atoms with Crippen LogP contribution in [0.15, 0.2) is 48.5 Å². The lowest BCUT2D eigenvalue weighted by molar-refractivity contribution is -0.851. The molecule has 2 aromatic rings. The quantitative estimate of drug-likeness (QED) is 0.682. The van der Waals surface area contributed by atoms with Gasteiger partial charge in [0.25, 0.3) is 0 Å². The molecule has 2 aliphatic heterocycles. The average molecular weight is 426 g/mol. The normalized spacial score (nSPS) is 25.9. The van der Waals surface area contributed by atoms with Crippen molar-refractivity contribution in [3.8, 4) is 5.75 Å². The van der Waals surface area contributed by atoms with E-state index in [-0.39, 0.29) is 28.6 Å². The van der Waals surface area contributed by atoms with Crippen LogP contribution < -0.4 is 15.1 Å². The topological polar surface area (TPSA) is 65.4 Å². The zero-order valence-electron chi connectivity index (χ0n) is 18.3. The molecule has 2 amide bonds. The fourth-order valence-electron chi connectivity index (χ4n) is 4.87. The Bertz CT molecular complexity index is 995. The van der Waals surface area contributed by atoms with Gasteiger partial charge in [0.2, 0.25) is 0 Å². The highest BCUT2D eigenvalue weighted by Gasteiger charge is 2.55. The molecule has 7 heteroatoms. The number of amides is 2. The lowest BCUT2D eigenvalue weighted by Crippen LogP contribution is -2.65. The number of hydrogen-bond acceptors (Lipinski definition) is 3. The molecule has 0 aromatic heterocycles. The Labute approximate surface area is 182 Å². The number of hydrogen-bond donors (Lipinski definition) is 2. The van der Waals surface area contributed by atoms with Gasteiger partial charge in [0, 0.05) is 18.4 Å². The Balaban J connectivity index is 1.53. The monoisotopic (exact) mass is 425 g/mol. The van der Waals surface area contributed by atoms with E-state index in [1.165, 1.54) is 22.7 Å². The van der Waals surface area contributed by atoms with Crippen molar-refractivity contribution >= 4 is 17.7 Å². The second-order valence-corrected chi connectivity index (χ2v) is 8.94. The molecule has 2 N–H and O–H groups in total. The number of quaternary nitrogens is 1. The molecular weight excluding hydrogens is 395 g/mol. The van der Waals surface area contributed by atoms with Gasteiger partial charge in [0.1, 0.15) is 30.3 Å². The second-order valence-electron chi connectivity index (χ2n) is 8.94. The number of guanidine groups is 1. The van der Waals surface area contributed by atoms with Crippen molar-refractivity contribution < 1.29 is 18.5 Å². The van der Waals surface area contributed by atoms with Crippen LogP contribution in [0.1, 0.15) is 32.8 Å². The Morgan fingerprint density at radius 2 is 2.03 bits per heavy atom. The van der Waals surface area contributed by atoms with Gasteiger partial charge < -0.3 is 4.74 Å². The van der Waals surface area contributed by atoms with Gasteiger partial charge in [-0.05, 0) is 56.0 Å². The number of nitrogens with zero attached hydrogens (tertiary/aromatic N) is 2. The summed E-state index contributed by atoms with van der Waals surface area (Å²) >= 11 is 0. The number of nitrogens with one attached hydrogen (secondary N) is 2. The third-order valence-electron chi connectivity index (χ3n) is 6.30. The first-order valence-electron chi connectivity index (χ1n) is 10.9. The maximum atomic E-state index is 13.9. The summed E-state index contributed by atoms with van der Waals surface area (Å²) in [5.74, 6) is 1.34. The largest absolute Gasteiger partial charge is 0.491 e. The van der Waals surface area contributed by atoms with Crippen molar-refractivity contribution in [2.24, 2.45) is 11.8 Å². The van der Waals surface area contributed by atoms with Gasteiger partial charge in [0.05, 0.1) is 6.10 Å². The summed E-state index contributed by atoms with van der Waals surface area (Å²) in [7, 11) is 0. The fourth-order valence-corrected chi connectivity index (χ4v) is 4.87. The standard InChI is InChI=1S/C24H29FN4O2/c1-16(2)31-22-9-4-6-18(13-22)12-19-10-11-29(15-17(19)3)23(26)27-24(30)28(29)21-8-5-7-20(25)14-21/h4-9,13-14,16-17,19H,10-12,15H2,1-3H3,(H-,26,27,30)/p+1/t17-,19?,29-/m0/s1. The number of urea groups is 1. The van der Waals surface area contributed by atoms with Crippen molar-refractivity contribution in [3.63, 3.8) is 0 Å². The van der Waals surface area contributed by atoms with E-state index in [1.54, 1.807) is 12.1 Å². The molecule has 2 aliphatic rings. The summed E-state index contributed by atoms with van der Waals surface area (Å²) in [5.41, 5.74) is 1.71. The van der Waals surface area contributed by atoms with E-state index in [0.717, 1.165) is 18.6 Å². The van der Waals surface area contributed by atoms with Gasteiger partial charge in [0.15, 0.2) is 0 Å². The predicted molar refractivity (Wildman–Crippen MR) is 118 cm³/mol. The number of benzene rings is 2. The molecule has 2 heterocycles. The first-order chi connectivity index (χ1) is 14.8. The first kappa shape index (κ1) is 21.3. The molecule has 2 fully saturated rings. The molecule has 0 saturated carbocycles. The van der Waals surface area contributed by atoms with E-state index in [9.17, 15) is 9.18 Å². The number of ether oxygens (including phenoxy) is 1. The molecule has 2 aromatic carbocycles. The number of halogens is 1. The Morgan fingerprint density at radius 3 is 2.74 bits per heavy atom. The van der Waals surface area contributed by atoms with Gasteiger partial charge in [-0.15, -0.1) is 9.60 Å². The average Bonchev–Trinajstić information content (AvgIpc) is 2.93. The van der Waals surface area contributed by atoms with Crippen LogP contribution in [0.5, 0.6) is 5.75 Å². The highest BCUT2D eigenvalue weighted by atomic mass is 19.1. The van der Waals surface area contributed by atoms with E-state index >= 15 is 0 Å². The molecule has 4 rings (SSSR count). The molecular formula is C24H30FN4O2+. The summed E-state index contributed by atoms with van der Waals surface area (Å²) in [4.78, 5) is 12.7. The van der Waals surface area contributed by atoms with E-state index in [1.807, 2.05) is 26.0 Å². The second kappa shape index (κ2) is 8.30. The molecule has 164 valence electrons. The van der Waals surface area contributed by atoms with Crippen LogP contribution in [0.25, 0.3) is 0 Å². The molecule has 6 nitrogen and oxygen atoms in total. The summed E-state index contributed by atoms with van der Waals surface area (Å²) in [6, 6.07) is 13.9. The van der Waals surface area contributed by atoms with Gasteiger partial charge in [-0.2, -0.15) is 0 Å². The lowest BCUT2D eigenvalue weighted by Gasteiger charge is -2.44. The third kappa shape index (κ3) is 4.14. The minimum absolute atomic E-state index is 0.0937. The zero-order valence-corrected chi connectivity index (χ0v) is 18.3. The summed E-state index contributed by atoms with van der Waals surface area (Å²) in [5, 5.41) is 12.7.